The normalized spacial score (nSPS) is 10.3. The minimum Gasteiger partial charge on any atom is -0.466 e. The monoisotopic (exact) mass is 211 g/mol. The van der Waals surface area contributed by atoms with Gasteiger partial charge in [0, 0.05) is 19.2 Å². The van der Waals surface area contributed by atoms with E-state index in [1.165, 1.54) is 0 Å². The Morgan fingerprint density at radius 1 is 1.53 bits per heavy atom. The van der Waals surface area contributed by atoms with E-state index in [0.717, 1.165) is 18.5 Å². The first kappa shape index (κ1) is 11.7. The van der Waals surface area contributed by atoms with E-state index in [9.17, 15) is 4.79 Å². The zero-order valence-electron chi connectivity index (χ0n) is 9.27. The number of carbonyl (C=O) groups excluding carboxylic acids is 1. The van der Waals surface area contributed by atoms with E-state index >= 15 is 0 Å². The van der Waals surface area contributed by atoms with E-state index in [4.69, 9.17) is 4.74 Å². The van der Waals surface area contributed by atoms with Crippen molar-refractivity contribution in [3.05, 3.63) is 11.9 Å². The average Bonchev–Trinajstić information content (AvgIpc) is 2.66. The van der Waals surface area contributed by atoms with E-state index in [0.29, 0.717) is 19.6 Å². The number of hydrogen-bond donors (Lipinski definition) is 0. The Bertz CT molecular complexity index is 309. The number of hydrogen-bond acceptors (Lipinski definition) is 4. The summed E-state index contributed by atoms with van der Waals surface area (Å²) in [7, 11) is 0. The highest BCUT2D eigenvalue weighted by Gasteiger charge is 2.02. The summed E-state index contributed by atoms with van der Waals surface area (Å²) in [5.41, 5.74) is 0.978. The van der Waals surface area contributed by atoms with E-state index < -0.39 is 0 Å². The molecule has 0 unspecified atom stereocenters. The van der Waals surface area contributed by atoms with Crippen molar-refractivity contribution in [1.82, 2.24) is 15.0 Å². The summed E-state index contributed by atoms with van der Waals surface area (Å²) in [5.74, 6) is -0.145. The van der Waals surface area contributed by atoms with Gasteiger partial charge < -0.3 is 4.74 Å². The molecule has 1 aromatic heterocycles. The highest BCUT2D eigenvalue weighted by molar-refractivity contribution is 5.69. The van der Waals surface area contributed by atoms with Crippen molar-refractivity contribution in [3.63, 3.8) is 0 Å². The Morgan fingerprint density at radius 3 is 2.93 bits per heavy atom. The lowest BCUT2D eigenvalue weighted by Crippen LogP contribution is -2.06. The first-order valence-corrected chi connectivity index (χ1v) is 5.30. The van der Waals surface area contributed by atoms with Crippen LogP contribution in [-0.4, -0.2) is 27.6 Å². The van der Waals surface area contributed by atoms with Crippen molar-refractivity contribution in [2.24, 2.45) is 0 Å². The molecule has 0 aliphatic carbocycles. The van der Waals surface area contributed by atoms with Crippen molar-refractivity contribution in [1.29, 1.82) is 0 Å². The van der Waals surface area contributed by atoms with E-state index in [1.807, 2.05) is 20.0 Å². The predicted octanol–water partition coefficient (Wildman–Crippen LogP) is 1.18. The van der Waals surface area contributed by atoms with Crippen molar-refractivity contribution >= 4 is 5.97 Å². The van der Waals surface area contributed by atoms with Crippen LogP contribution in [0, 0.1) is 0 Å². The Kier molecular flexibility index (Phi) is 4.80. The van der Waals surface area contributed by atoms with Gasteiger partial charge in [-0.05, 0) is 19.8 Å². The fourth-order valence-corrected chi connectivity index (χ4v) is 1.23. The highest BCUT2D eigenvalue weighted by Crippen LogP contribution is 1.98. The quantitative estimate of drug-likeness (QED) is 0.663. The second-order valence-corrected chi connectivity index (χ2v) is 3.24. The van der Waals surface area contributed by atoms with Crippen LogP contribution >= 0.6 is 0 Å². The Labute approximate surface area is 89.4 Å². The van der Waals surface area contributed by atoms with Crippen LogP contribution in [0.4, 0.5) is 0 Å². The summed E-state index contributed by atoms with van der Waals surface area (Å²) in [5, 5.41) is 7.91. The molecule has 0 fully saturated rings. The summed E-state index contributed by atoms with van der Waals surface area (Å²) >= 11 is 0. The van der Waals surface area contributed by atoms with Crippen molar-refractivity contribution in [2.75, 3.05) is 6.61 Å². The number of nitrogens with zero attached hydrogens (tertiary/aromatic N) is 3. The molecule has 0 aromatic carbocycles. The maximum absolute atomic E-state index is 11.0. The van der Waals surface area contributed by atoms with Crippen LogP contribution < -0.4 is 0 Å². The van der Waals surface area contributed by atoms with Gasteiger partial charge in [-0.1, -0.05) is 12.1 Å². The predicted molar refractivity (Wildman–Crippen MR) is 55.3 cm³/mol. The van der Waals surface area contributed by atoms with Crippen LogP contribution in [0.5, 0.6) is 0 Å². The molecule has 0 bridgehead atoms. The molecule has 1 heterocycles. The van der Waals surface area contributed by atoms with Gasteiger partial charge in [-0.15, -0.1) is 5.10 Å². The summed E-state index contributed by atoms with van der Waals surface area (Å²) in [4.78, 5) is 11.0. The van der Waals surface area contributed by atoms with Crippen LogP contribution in [0.2, 0.25) is 0 Å². The number of carbonyl (C=O) groups is 1. The fourth-order valence-electron chi connectivity index (χ4n) is 1.23. The molecule has 0 saturated heterocycles. The zero-order chi connectivity index (χ0) is 11.1. The van der Waals surface area contributed by atoms with Gasteiger partial charge in [0.05, 0.1) is 12.3 Å². The second-order valence-electron chi connectivity index (χ2n) is 3.24. The second kappa shape index (κ2) is 6.16. The maximum Gasteiger partial charge on any atom is 0.305 e. The molecule has 15 heavy (non-hydrogen) atoms. The Hall–Kier alpha value is -1.39. The van der Waals surface area contributed by atoms with Gasteiger partial charge in [0.1, 0.15) is 0 Å². The lowest BCUT2D eigenvalue weighted by Gasteiger charge is -2.01. The summed E-state index contributed by atoms with van der Waals surface area (Å²) < 4.78 is 6.58. The van der Waals surface area contributed by atoms with Crippen LogP contribution in [0.15, 0.2) is 6.20 Å². The van der Waals surface area contributed by atoms with Gasteiger partial charge >= 0.3 is 5.97 Å². The smallest absolute Gasteiger partial charge is 0.305 e. The minimum absolute atomic E-state index is 0.145. The standard InChI is InChI=1S/C10H17N3O2/c1-3-9-8-13(12-11-9)7-5-6-10(14)15-4-2/h8H,3-7H2,1-2H3. The van der Waals surface area contributed by atoms with Gasteiger partial charge in [0.25, 0.3) is 0 Å². The molecule has 0 radical (unpaired) electrons. The molecular formula is C10H17N3O2. The molecule has 0 atom stereocenters. The third-order valence-electron chi connectivity index (χ3n) is 2.02. The lowest BCUT2D eigenvalue weighted by molar-refractivity contribution is -0.143. The van der Waals surface area contributed by atoms with Crippen LogP contribution in [0.1, 0.15) is 32.4 Å². The maximum atomic E-state index is 11.0. The number of ether oxygens (including phenoxy) is 1. The van der Waals surface area contributed by atoms with Crippen molar-refractivity contribution in [2.45, 2.75) is 39.7 Å². The molecule has 5 nitrogen and oxygen atoms in total. The molecule has 0 amide bonds. The Morgan fingerprint density at radius 2 is 2.33 bits per heavy atom. The van der Waals surface area contributed by atoms with Crippen LogP contribution in [0.3, 0.4) is 0 Å². The molecule has 0 N–H and O–H groups in total. The van der Waals surface area contributed by atoms with E-state index in [1.54, 1.807) is 4.68 Å². The fraction of sp³-hybridized carbons (Fsp3) is 0.700. The van der Waals surface area contributed by atoms with Crippen molar-refractivity contribution in [3.8, 4) is 0 Å². The van der Waals surface area contributed by atoms with Gasteiger partial charge in [-0.3, -0.25) is 9.48 Å². The lowest BCUT2D eigenvalue weighted by atomic mass is 10.3. The molecule has 1 aromatic rings. The summed E-state index contributed by atoms with van der Waals surface area (Å²) in [6.07, 6.45) is 3.98. The van der Waals surface area contributed by atoms with Gasteiger partial charge in [0.15, 0.2) is 0 Å². The van der Waals surface area contributed by atoms with Gasteiger partial charge in [-0.25, -0.2) is 0 Å². The molecule has 0 aliphatic rings. The molecule has 84 valence electrons. The third kappa shape index (κ3) is 4.10. The SMILES string of the molecule is CCOC(=O)CCCn1cc(CC)nn1. The highest BCUT2D eigenvalue weighted by atomic mass is 16.5. The van der Waals surface area contributed by atoms with Crippen molar-refractivity contribution < 1.29 is 9.53 Å². The molecule has 0 aliphatic heterocycles. The largest absolute Gasteiger partial charge is 0.466 e. The van der Waals surface area contributed by atoms with Gasteiger partial charge in [0.2, 0.25) is 0 Å². The number of aryl methyl sites for hydroxylation is 2. The molecule has 1 rings (SSSR count). The molecular weight excluding hydrogens is 194 g/mol. The molecule has 0 spiro atoms. The molecule has 5 heteroatoms. The Balaban J connectivity index is 2.22. The van der Waals surface area contributed by atoms with E-state index in [-0.39, 0.29) is 5.97 Å². The minimum atomic E-state index is -0.145. The topological polar surface area (TPSA) is 57.0 Å². The number of esters is 1. The number of aromatic nitrogens is 3. The van der Waals surface area contributed by atoms with Crippen LogP contribution in [-0.2, 0) is 22.5 Å². The average molecular weight is 211 g/mol. The van der Waals surface area contributed by atoms with Crippen LogP contribution in [0.25, 0.3) is 0 Å². The van der Waals surface area contributed by atoms with E-state index in [2.05, 4.69) is 10.3 Å². The van der Waals surface area contributed by atoms with Gasteiger partial charge in [-0.2, -0.15) is 0 Å². The number of rotatable bonds is 6. The first-order chi connectivity index (χ1) is 7.26. The third-order valence-corrected chi connectivity index (χ3v) is 2.02. The zero-order valence-corrected chi connectivity index (χ0v) is 9.27. The first-order valence-electron chi connectivity index (χ1n) is 5.30. The summed E-state index contributed by atoms with van der Waals surface area (Å²) in [6, 6.07) is 0. The summed E-state index contributed by atoms with van der Waals surface area (Å²) in [6.45, 7) is 5.00. The molecule has 0 saturated carbocycles.